The van der Waals surface area contributed by atoms with E-state index >= 15 is 0 Å². The Labute approximate surface area is 202 Å². The van der Waals surface area contributed by atoms with Crippen molar-refractivity contribution < 1.29 is 22.5 Å². The number of rotatable bonds is 9. The van der Waals surface area contributed by atoms with Crippen molar-refractivity contribution in [1.82, 2.24) is 14.7 Å². The molecule has 3 aromatic rings. The van der Waals surface area contributed by atoms with Crippen molar-refractivity contribution in [2.45, 2.75) is 19.8 Å². The third kappa shape index (κ3) is 6.82. The van der Waals surface area contributed by atoms with Crippen LogP contribution in [0.5, 0.6) is 5.75 Å². The van der Waals surface area contributed by atoms with Crippen LogP contribution in [0, 0.1) is 17.0 Å². The quantitative estimate of drug-likeness (QED) is 0.300. The first-order chi connectivity index (χ1) is 16.6. The van der Waals surface area contributed by atoms with Crippen molar-refractivity contribution in [3.05, 3.63) is 66.0 Å². The molecule has 1 atom stereocenters. The summed E-state index contributed by atoms with van der Waals surface area (Å²) >= 11 is 0. The molecule has 0 bridgehead atoms. The summed E-state index contributed by atoms with van der Waals surface area (Å²) in [4.78, 5) is 20.3. The van der Waals surface area contributed by atoms with Crippen LogP contribution in [0.4, 0.5) is 20.4 Å². The van der Waals surface area contributed by atoms with Gasteiger partial charge in [-0.3, -0.25) is 14.9 Å². The van der Waals surface area contributed by atoms with Gasteiger partial charge in [-0.15, -0.1) is 0 Å². The fraction of sp³-hybridized carbons (Fsp3) is 0.208. The van der Waals surface area contributed by atoms with Crippen LogP contribution in [0.3, 0.4) is 0 Å². The molecular weight excluding hydrogens is 476 g/mol. The molecule has 35 heavy (non-hydrogen) atoms. The van der Waals surface area contributed by atoms with E-state index in [1.807, 2.05) is 6.92 Å². The van der Waals surface area contributed by atoms with Gasteiger partial charge >= 0.3 is 0 Å². The summed E-state index contributed by atoms with van der Waals surface area (Å²) in [5, 5.41) is 12.0. The third-order valence-corrected chi connectivity index (χ3v) is 6.09. The van der Waals surface area contributed by atoms with Crippen LogP contribution in [0.2, 0.25) is 0 Å². The minimum absolute atomic E-state index is 0.136. The molecule has 11 heteroatoms. The zero-order chi connectivity index (χ0) is 25.6. The molecule has 2 heterocycles. The number of halogens is 2. The lowest BCUT2D eigenvalue weighted by Crippen LogP contribution is -2.36. The van der Waals surface area contributed by atoms with Gasteiger partial charge in [0.05, 0.1) is 28.7 Å². The number of amides is 1. The van der Waals surface area contributed by atoms with Crippen LogP contribution in [0.25, 0.3) is 11.1 Å². The zero-order valence-electron chi connectivity index (χ0n) is 19.4. The first kappa shape index (κ1) is 25.8. The highest BCUT2D eigenvalue weighted by Gasteiger charge is 2.15. The van der Waals surface area contributed by atoms with Gasteiger partial charge in [0.15, 0.2) is 0 Å². The van der Waals surface area contributed by atoms with Crippen LogP contribution in [0.1, 0.15) is 25.3 Å². The standard InChI is InChI=1S/C24H25F2N5O3S/c1-4-5-20(27)24(32)31-35(3,33)14-15-8-9-28-22(10-15)30-23-12-18(19(26)13-29-23)17-7-6-16(25)11-21(17)34-2/h6-14,27H,4-5H2,1-3H3,(H,28,29,30)(H,31,32,33). The van der Waals surface area contributed by atoms with Gasteiger partial charge in [-0.1, -0.05) is 13.3 Å². The lowest BCUT2D eigenvalue weighted by Gasteiger charge is -2.12. The van der Waals surface area contributed by atoms with Crippen molar-refractivity contribution in [2.24, 2.45) is 0 Å². The molecule has 0 aliphatic heterocycles. The normalized spacial score (nSPS) is 12.4. The fourth-order valence-electron chi connectivity index (χ4n) is 3.22. The zero-order valence-corrected chi connectivity index (χ0v) is 20.2. The van der Waals surface area contributed by atoms with E-state index in [1.54, 1.807) is 12.1 Å². The number of aromatic nitrogens is 2. The van der Waals surface area contributed by atoms with Crippen molar-refractivity contribution in [2.75, 3.05) is 18.7 Å². The van der Waals surface area contributed by atoms with Crippen molar-refractivity contribution >= 4 is 38.3 Å². The average molecular weight is 502 g/mol. The molecule has 1 amide bonds. The molecule has 0 fully saturated rings. The van der Waals surface area contributed by atoms with E-state index in [-0.39, 0.29) is 22.8 Å². The number of hydrogen-bond donors (Lipinski definition) is 3. The van der Waals surface area contributed by atoms with E-state index in [1.165, 1.54) is 43.1 Å². The Bertz CT molecular complexity index is 1390. The number of nitrogens with zero attached hydrogens (tertiary/aromatic N) is 2. The first-order valence-corrected chi connectivity index (χ1v) is 12.6. The summed E-state index contributed by atoms with van der Waals surface area (Å²) in [6, 6.07) is 8.40. The summed E-state index contributed by atoms with van der Waals surface area (Å²) in [6.07, 6.45) is 4.78. The van der Waals surface area contributed by atoms with Gasteiger partial charge in [0.25, 0.3) is 5.91 Å². The van der Waals surface area contributed by atoms with Gasteiger partial charge in [0, 0.05) is 35.0 Å². The molecule has 0 saturated heterocycles. The SMILES string of the molecule is CCCC(=N)C(=O)NS(C)(=O)=Cc1ccnc(Nc2cc(-c3ccc(F)cc3OC)c(F)cn2)c1. The molecule has 8 nitrogen and oxygen atoms in total. The molecule has 2 aromatic heterocycles. The second kappa shape index (κ2) is 11.0. The van der Waals surface area contributed by atoms with E-state index in [0.717, 1.165) is 12.3 Å². The number of ether oxygens (including phenoxy) is 1. The molecule has 0 aliphatic rings. The molecule has 1 unspecified atom stereocenters. The Hall–Kier alpha value is -3.86. The Morgan fingerprint density at radius 3 is 2.60 bits per heavy atom. The fourth-order valence-corrected chi connectivity index (χ4v) is 4.44. The van der Waals surface area contributed by atoms with E-state index in [2.05, 4.69) is 20.0 Å². The molecule has 3 rings (SSSR count). The van der Waals surface area contributed by atoms with E-state index in [4.69, 9.17) is 10.1 Å². The van der Waals surface area contributed by atoms with Crippen LogP contribution < -0.4 is 14.8 Å². The second-order valence-corrected chi connectivity index (χ2v) is 9.92. The molecule has 0 radical (unpaired) electrons. The van der Waals surface area contributed by atoms with E-state index in [0.29, 0.717) is 29.8 Å². The van der Waals surface area contributed by atoms with Gasteiger partial charge in [0.1, 0.15) is 29.0 Å². The summed E-state index contributed by atoms with van der Waals surface area (Å²) in [6.45, 7) is 1.85. The molecule has 3 N–H and O–H groups in total. The predicted octanol–water partition coefficient (Wildman–Crippen LogP) is 4.09. The van der Waals surface area contributed by atoms with Gasteiger partial charge < -0.3 is 10.1 Å². The summed E-state index contributed by atoms with van der Waals surface area (Å²) in [5.74, 6) is -1.05. The maximum atomic E-state index is 14.5. The highest BCUT2D eigenvalue weighted by atomic mass is 32.2. The summed E-state index contributed by atoms with van der Waals surface area (Å²) < 4.78 is 48.5. The van der Waals surface area contributed by atoms with E-state index in [9.17, 15) is 17.8 Å². The largest absolute Gasteiger partial charge is 0.496 e. The molecule has 184 valence electrons. The predicted molar refractivity (Wildman–Crippen MR) is 134 cm³/mol. The molecule has 0 saturated carbocycles. The van der Waals surface area contributed by atoms with Crippen LogP contribution in [-0.4, -0.2) is 44.5 Å². The highest BCUT2D eigenvalue weighted by Crippen LogP contribution is 2.33. The van der Waals surface area contributed by atoms with Crippen molar-refractivity contribution in [1.29, 1.82) is 5.41 Å². The second-order valence-electron chi connectivity index (χ2n) is 7.67. The topological polar surface area (TPSA) is 117 Å². The third-order valence-electron chi connectivity index (χ3n) is 4.78. The molecule has 1 aromatic carbocycles. The first-order valence-electron chi connectivity index (χ1n) is 10.6. The van der Waals surface area contributed by atoms with Crippen LogP contribution in [-0.2, 0) is 14.5 Å². The van der Waals surface area contributed by atoms with Gasteiger partial charge in [-0.05, 0) is 42.3 Å². The lowest BCUT2D eigenvalue weighted by atomic mass is 10.0. The Morgan fingerprint density at radius 2 is 1.89 bits per heavy atom. The van der Waals surface area contributed by atoms with Crippen molar-refractivity contribution in [3.8, 4) is 16.9 Å². The number of carbonyl (C=O) groups is 1. The number of methoxy groups -OCH3 is 1. The average Bonchev–Trinajstić information content (AvgIpc) is 2.80. The van der Waals surface area contributed by atoms with E-state index < -0.39 is 27.2 Å². The van der Waals surface area contributed by atoms with Gasteiger partial charge in [-0.2, -0.15) is 0 Å². The van der Waals surface area contributed by atoms with Crippen LogP contribution >= 0.6 is 0 Å². The Balaban J connectivity index is 1.86. The highest BCUT2D eigenvalue weighted by molar-refractivity contribution is 7.99. The number of benzene rings is 1. The summed E-state index contributed by atoms with van der Waals surface area (Å²) in [5.41, 5.74) is 0.862. The Morgan fingerprint density at radius 1 is 1.14 bits per heavy atom. The number of pyridine rings is 2. The molecular formula is C24H25F2N5O3S. The van der Waals surface area contributed by atoms with Crippen LogP contribution in [0.15, 0.2) is 48.8 Å². The minimum Gasteiger partial charge on any atom is -0.496 e. The number of nitrogens with one attached hydrogen (secondary N) is 3. The maximum absolute atomic E-state index is 14.5. The minimum atomic E-state index is -2.93. The number of anilines is 2. The molecule has 0 aliphatic carbocycles. The monoisotopic (exact) mass is 501 g/mol. The lowest BCUT2D eigenvalue weighted by molar-refractivity contribution is -0.113. The maximum Gasteiger partial charge on any atom is 0.276 e. The van der Waals surface area contributed by atoms with Gasteiger partial charge in [0.2, 0.25) is 0 Å². The van der Waals surface area contributed by atoms with Crippen molar-refractivity contribution in [3.63, 3.8) is 0 Å². The summed E-state index contributed by atoms with van der Waals surface area (Å²) in [7, 11) is -1.56. The number of carbonyl (C=O) groups excluding carboxylic acids is 1. The molecule has 0 spiro atoms. The van der Waals surface area contributed by atoms with Gasteiger partial charge in [-0.25, -0.2) is 23.0 Å². The smallest absolute Gasteiger partial charge is 0.276 e. The number of hydrogen-bond acceptors (Lipinski definition) is 7. The Kier molecular flexibility index (Phi) is 8.13.